The van der Waals surface area contributed by atoms with Crippen molar-refractivity contribution < 1.29 is 0 Å². The molecule has 0 saturated heterocycles. The molecule has 1 atom stereocenters. The third kappa shape index (κ3) is 3.80. The molecule has 0 amide bonds. The Morgan fingerprint density at radius 1 is 1.43 bits per heavy atom. The van der Waals surface area contributed by atoms with Crippen LogP contribution in [0.2, 0.25) is 0 Å². The zero-order valence-corrected chi connectivity index (χ0v) is 4.69. The van der Waals surface area contributed by atoms with E-state index in [9.17, 15) is 0 Å². The van der Waals surface area contributed by atoms with Crippen LogP contribution in [0.5, 0.6) is 0 Å². The summed E-state index contributed by atoms with van der Waals surface area (Å²) in [7, 11) is 0. The zero-order valence-electron chi connectivity index (χ0n) is 4.69. The van der Waals surface area contributed by atoms with Gasteiger partial charge < -0.3 is 5.73 Å². The molecule has 2 radical (unpaired) electrons. The minimum atomic E-state index is 0.275. The molecule has 0 rings (SSSR count). The number of rotatable bonds is 3. The van der Waals surface area contributed by atoms with Crippen molar-refractivity contribution in [3.05, 3.63) is 13.8 Å². The van der Waals surface area contributed by atoms with Crippen LogP contribution in [0.15, 0.2) is 0 Å². The van der Waals surface area contributed by atoms with Gasteiger partial charge in [-0.3, -0.25) is 0 Å². The number of nitrogens with two attached hydrogens (primary N) is 1. The Hall–Kier alpha value is -0.0400. The topological polar surface area (TPSA) is 26.0 Å². The Morgan fingerprint density at radius 2 is 2.00 bits per heavy atom. The van der Waals surface area contributed by atoms with Crippen molar-refractivity contribution in [2.24, 2.45) is 5.73 Å². The van der Waals surface area contributed by atoms with Crippen LogP contribution in [-0.2, 0) is 0 Å². The highest BCUT2D eigenvalue weighted by atomic mass is 14.6. The van der Waals surface area contributed by atoms with Crippen LogP contribution in [0.3, 0.4) is 0 Å². The molecule has 1 nitrogen and oxygen atoms in total. The summed E-state index contributed by atoms with van der Waals surface area (Å²) < 4.78 is 0. The molecule has 7 heavy (non-hydrogen) atoms. The Morgan fingerprint density at radius 3 is 2.14 bits per heavy atom. The second-order valence-electron chi connectivity index (χ2n) is 1.69. The summed E-state index contributed by atoms with van der Waals surface area (Å²) in [5.74, 6) is 0. The molecule has 0 aliphatic heterocycles. The van der Waals surface area contributed by atoms with Gasteiger partial charge in [0.1, 0.15) is 0 Å². The van der Waals surface area contributed by atoms with E-state index in [0.717, 1.165) is 19.3 Å². The lowest BCUT2D eigenvalue weighted by Gasteiger charge is -2.02. The lowest BCUT2D eigenvalue weighted by molar-refractivity contribution is 0.626. The predicted octanol–water partition coefficient (Wildman–Crippen LogP) is 1.15. The van der Waals surface area contributed by atoms with Gasteiger partial charge in [-0.1, -0.05) is 20.3 Å². The average molecular weight is 99.2 g/mol. The molecule has 0 aliphatic carbocycles. The van der Waals surface area contributed by atoms with Gasteiger partial charge in [0.25, 0.3) is 0 Å². The van der Waals surface area contributed by atoms with Gasteiger partial charge in [-0.15, -0.1) is 0 Å². The Kier molecular flexibility index (Phi) is 4.10. The van der Waals surface area contributed by atoms with E-state index in [1.54, 1.807) is 0 Å². The van der Waals surface area contributed by atoms with E-state index in [4.69, 9.17) is 5.73 Å². The highest BCUT2D eigenvalue weighted by molar-refractivity contribution is 4.61. The van der Waals surface area contributed by atoms with Crippen molar-refractivity contribution in [1.82, 2.24) is 0 Å². The highest BCUT2D eigenvalue weighted by Gasteiger charge is 1.92. The Labute approximate surface area is 45.9 Å². The summed E-state index contributed by atoms with van der Waals surface area (Å²) in [6.45, 7) is 7.32. The van der Waals surface area contributed by atoms with Crippen LogP contribution in [0.25, 0.3) is 0 Å². The van der Waals surface area contributed by atoms with Crippen molar-refractivity contribution in [2.75, 3.05) is 0 Å². The molecule has 1 heteroatoms. The van der Waals surface area contributed by atoms with Crippen molar-refractivity contribution in [3.63, 3.8) is 0 Å². The lowest BCUT2D eigenvalue weighted by Crippen LogP contribution is -2.17. The van der Waals surface area contributed by atoms with Crippen molar-refractivity contribution in [1.29, 1.82) is 0 Å². The fourth-order valence-electron chi connectivity index (χ4n) is 0.407. The summed E-state index contributed by atoms with van der Waals surface area (Å²) in [5, 5.41) is 0. The van der Waals surface area contributed by atoms with Crippen molar-refractivity contribution in [2.45, 2.75) is 25.3 Å². The summed E-state index contributed by atoms with van der Waals surface area (Å²) in [6, 6.07) is 0.275. The van der Waals surface area contributed by atoms with Gasteiger partial charge in [0, 0.05) is 6.04 Å². The Bertz CT molecular complexity index is 35.2. The van der Waals surface area contributed by atoms with E-state index in [0.29, 0.717) is 0 Å². The smallest absolute Gasteiger partial charge is 0.00388 e. The molecule has 0 bridgehead atoms. The van der Waals surface area contributed by atoms with Gasteiger partial charge in [-0.05, 0) is 12.8 Å². The first-order valence-corrected chi connectivity index (χ1v) is 2.65. The zero-order chi connectivity index (χ0) is 5.70. The summed E-state index contributed by atoms with van der Waals surface area (Å²) in [4.78, 5) is 0. The maximum absolute atomic E-state index is 5.48. The molecule has 42 valence electrons. The SMILES string of the molecule is [CH2]CC[C@@H](N)C[CH2]. The van der Waals surface area contributed by atoms with Crippen LogP contribution < -0.4 is 5.73 Å². The molecule has 0 fully saturated rings. The molecule has 0 aromatic heterocycles. The third-order valence-corrected chi connectivity index (χ3v) is 0.946. The fraction of sp³-hybridized carbons (Fsp3) is 0.667. The maximum atomic E-state index is 5.48. The van der Waals surface area contributed by atoms with Gasteiger partial charge in [-0.25, -0.2) is 0 Å². The van der Waals surface area contributed by atoms with E-state index in [-0.39, 0.29) is 6.04 Å². The maximum Gasteiger partial charge on any atom is 0.00388 e. The first-order chi connectivity index (χ1) is 3.31. The molecule has 0 aliphatic rings. The van der Waals surface area contributed by atoms with Gasteiger partial charge in [0.15, 0.2) is 0 Å². The van der Waals surface area contributed by atoms with Crippen LogP contribution >= 0.6 is 0 Å². The second kappa shape index (κ2) is 4.13. The Balaban J connectivity index is 2.83. The molecule has 0 aromatic rings. The van der Waals surface area contributed by atoms with Gasteiger partial charge in [0.2, 0.25) is 0 Å². The molecule has 2 N–H and O–H groups in total. The van der Waals surface area contributed by atoms with Crippen molar-refractivity contribution >= 4 is 0 Å². The van der Waals surface area contributed by atoms with Crippen LogP contribution in [0.1, 0.15) is 19.3 Å². The molecule has 0 heterocycles. The van der Waals surface area contributed by atoms with Gasteiger partial charge >= 0.3 is 0 Å². The first-order valence-electron chi connectivity index (χ1n) is 2.65. The minimum Gasteiger partial charge on any atom is -0.328 e. The summed E-state index contributed by atoms with van der Waals surface area (Å²) in [6.07, 6.45) is 2.76. The summed E-state index contributed by atoms with van der Waals surface area (Å²) >= 11 is 0. The number of hydrogen-bond donors (Lipinski definition) is 1. The average Bonchev–Trinajstić information content (AvgIpc) is 1.68. The van der Waals surface area contributed by atoms with E-state index in [1.165, 1.54) is 0 Å². The molecular formula is C6H13N. The van der Waals surface area contributed by atoms with Crippen molar-refractivity contribution in [3.8, 4) is 0 Å². The molecule has 0 aromatic carbocycles. The summed E-state index contributed by atoms with van der Waals surface area (Å²) in [5.41, 5.74) is 5.48. The van der Waals surface area contributed by atoms with E-state index < -0.39 is 0 Å². The lowest BCUT2D eigenvalue weighted by atomic mass is 10.1. The first kappa shape index (κ1) is 6.96. The van der Waals surface area contributed by atoms with E-state index in [2.05, 4.69) is 13.8 Å². The quantitative estimate of drug-likeness (QED) is 0.564. The molecular weight excluding hydrogens is 86.1 g/mol. The fourth-order valence-corrected chi connectivity index (χ4v) is 0.407. The van der Waals surface area contributed by atoms with Crippen LogP contribution in [-0.4, -0.2) is 6.04 Å². The second-order valence-corrected chi connectivity index (χ2v) is 1.69. The third-order valence-electron chi connectivity index (χ3n) is 0.946. The molecule has 0 unspecified atom stereocenters. The minimum absolute atomic E-state index is 0.275. The number of hydrogen-bond acceptors (Lipinski definition) is 1. The van der Waals surface area contributed by atoms with Crippen LogP contribution in [0.4, 0.5) is 0 Å². The molecule has 0 saturated carbocycles. The highest BCUT2D eigenvalue weighted by Crippen LogP contribution is 1.94. The predicted molar refractivity (Wildman–Crippen MR) is 32.5 cm³/mol. The van der Waals surface area contributed by atoms with E-state index in [1.807, 2.05) is 0 Å². The molecule has 0 spiro atoms. The largest absolute Gasteiger partial charge is 0.328 e. The normalized spacial score (nSPS) is 14.1. The van der Waals surface area contributed by atoms with E-state index >= 15 is 0 Å². The van der Waals surface area contributed by atoms with Gasteiger partial charge in [0.05, 0.1) is 0 Å². The standard InChI is InChI=1S/C6H13N/c1-3-5-6(7)4-2/h6H,1-5,7H2/t6-/m0/s1. The monoisotopic (exact) mass is 99.1 g/mol. The van der Waals surface area contributed by atoms with Gasteiger partial charge in [-0.2, -0.15) is 0 Å². The van der Waals surface area contributed by atoms with Crippen LogP contribution in [0, 0.1) is 13.8 Å².